The van der Waals surface area contributed by atoms with Crippen LogP contribution in [-0.4, -0.2) is 33.1 Å². The monoisotopic (exact) mass is 193 g/mol. The van der Waals surface area contributed by atoms with Gasteiger partial charge in [-0.15, -0.1) is 0 Å². The first-order chi connectivity index (χ1) is 5.36. The van der Waals surface area contributed by atoms with E-state index in [0.717, 1.165) is 25.9 Å². The maximum Gasteiger partial charge on any atom is 0.345 e. The van der Waals surface area contributed by atoms with Crippen LogP contribution in [0.1, 0.15) is 26.7 Å². The smallest absolute Gasteiger partial charge is 0.323 e. The molecular formula is C7H16NO3P. The fourth-order valence-corrected chi connectivity index (χ4v) is 2.02. The molecule has 0 atom stereocenters. The van der Waals surface area contributed by atoms with Gasteiger partial charge in [0.2, 0.25) is 0 Å². The average molecular weight is 193 g/mol. The Kier molecular flexibility index (Phi) is 2.64. The van der Waals surface area contributed by atoms with Crippen LogP contribution < -0.4 is 0 Å². The molecule has 12 heavy (non-hydrogen) atoms. The minimum absolute atomic E-state index is 0.804. The van der Waals surface area contributed by atoms with E-state index in [1.807, 2.05) is 4.90 Å². The zero-order valence-corrected chi connectivity index (χ0v) is 8.42. The Balaban J connectivity index is 2.76. The molecule has 4 nitrogen and oxygen atoms in total. The van der Waals surface area contributed by atoms with Gasteiger partial charge in [0.25, 0.3) is 0 Å². The number of likely N-dealkylation sites (tertiary alicyclic amines) is 1. The molecule has 5 heteroatoms. The van der Waals surface area contributed by atoms with Crippen LogP contribution in [0.5, 0.6) is 0 Å². The van der Waals surface area contributed by atoms with Crippen LogP contribution in [0.15, 0.2) is 0 Å². The molecule has 1 rings (SSSR count). The van der Waals surface area contributed by atoms with Crippen LogP contribution in [-0.2, 0) is 4.57 Å². The zero-order valence-electron chi connectivity index (χ0n) is 7.53. The molecule has 0 aromatic heterocycles. The molecule has 1 heterocycles. The average Bonchev–Trinajstić information content (AvgIpc) is 2.34. The third-order valence-corrected chi connectivity index (χ3v) is 4.30. The Morgan fingerprint density at radius 2 is 1.67 bits per heavy atom. The molecule has 0 aromatic rings. The molecule has 0 aromatic carbocycles. The second-order valence-electron chi connectivity index (χ2n) is 3.73. The van der Waals surface area contributed by atoms with Crippen LogP contribution >= 0.6 is 7.60 Å². The van der Waals surface area contributed by atoms with E-state index in [1.165, 1.54) is 0 Å². The number of hydrogen-bond acceptors (Lipinski definition) is 2. The highest BCUT2D eigenvalue weighted by atomic mass is 31.2. The Hall–Kier alpha value is 0.110. The highest BCUT2D eigenvalue weighted by Crippen LogP contribution is 2.52. The summed E-state index contributed by atoms with van der Waals surface area (Å²) in [6.45, 7) is 4.83. The van der Waals surface area contributed by atoms with Crippen molar-refractivity contribution in [2.75, 3.05) is 13.1 Å². The molecule has 1 fully saturated rings. The summed E-state index contributed by atoms with van der Waals surface area (Å²) in [6, 6.07) is 0. The van der Waals surface area contributed by atoms with Crippen molar-refractivity contribution < 1.29 is 14.4 Å². The molecule has 0 aliphatic carbocycles. The number of hydrogen-bond donors (Lipinski definition) is 2. The quantitative estimate of drug-likeness (QED) is 0.642. The summed E-state index contributed by atoms with van der Waals surface area (Å²) in [6.07, 6.45) is 2.09. The summed E-state index contributed by atoms with van der Waals surface area (Å²) >= 11 is 0. The first-order valence-electron chi connectivity index (χ1n) is 4.16. The van der Waals surface area contributed by atoms with Crippen molar-refractivity contribution in [3.8, 4) is 0 Å². The molecule has 0 saturated carbocycles. The molecule has 72 valence electrons. The van der Waals surface area contributed by atoms with Crippen molar-refractivity contribution >= 4 is 7.60 Å². The predicted molar refractivity (Wildman–Crippen MR) is 46.9 cm³/mol. The fraction of sp³-hybridized carbons (Fsp3) is 1.00. The second kappa shape index (κ2) is 3.11. The standard InChI is InChI=1S/C7H16NO3P/c1-7(2,12(9,10)11)8-5-3-4-6-8/h3-6H2,1-2H3,(H2,9,10,11). The molecule has 1 saturated heterocycles. The van der Waals surface area contributed by atoms with Gasteiger partial charge >= 0.3 is 7.60 Å². The van der Waals surface area contributed by atoms with Crippen LogP contribution in [0.2, 0.25) is 0 Å². The normalized spacial score (nSPS) is 21.7. The van der Waals surface area contributed by atoms with E-state index < -0.39 is 12.9 Å². The van der Waals surface area contributed by atoms with E-state index in [2.05, 4.69) is 0 Å². The van der Waals surface area contributed by atoms with Gasteiger partial charge in [0.15, 0.2) is 0 Å². The van der Waals surface area contributed by atoms with Crippen LogP contribution in [0.25, 0.3) is 0 Å². The molecular weight excluding hydrogens is 177 g/mol. The van der Waals surface area contributed by atoms with Crippen molar-refractivity contribution in [3.05, 3.63) is 0 Å². The van der Waals surface area contributed by atoms with E-state index in [9.17, 15) is 4.57 Å². The molecule has 0 bridgehead atoms. The first-order valence-corrected chi connectivity index (χ1v) is 5.77. The third kappa shape index (κ3) is 1.72. The Bertz CT molecular complexity index is 205. The van der Waals surface area contributed by atoms with E-state index in [0.29, 0.717) is 0 Å². The molecule has 1 aliphatic rings. The van der Waals surface area contributed by atoms with Gasteiger partial charge in [0.1, 0.15) is 5.28 Å². The minimum Gasteiger partial charge on any atom is -0.323 e. The summed E-state index contributed by atoms with van der Waals surface area (Å²) in [5.41, 5.74) is 0. The van der Waals surface area contributed by atoms with Gasteiger partial charge in [0.05, 0.1) is 0 Å². The van der Waals surface area contributed by atoms with E-state index in [1.54, 1.807) is 13.8 Å². The third-order valence-electron chi connectivity index (χ3n) is 2.59. The Morgan fingerprint density at radius 1 is 1.25 bits per heavy atom. The zero-order chi connectivity index (χ0) is 9.41. The Labute approximate surface area is 72.7 Å². The lowest BCUT2D eigenvalue weighted by Gasteiger charge is -2.35. The van der Waals surface area contributed by atoms with Gasteiger partial charge in [-0.1, -0.05) is 0 Å². The second-order valence-corrected chi connectivity index (χ2v) is 5.92. The number of rotatable bonds is 2. The van der Waals surface area contributed by atoms with Crippen molar-refractivity contribution in [2.24, 2.45) is 0 Å². The minimum atomic E-state index is -3.99. The lowest BCUT2D eigenvalue weighted by atomic mass is 10.3. The topological polar surface area (TPSA) is 60.8 Å². The van der Waals surface area contributed by atoms with Crippen LogP contribution in [0.4, 0.5) is 0 Å². The van der Waals surface area contributed by atoms with Crippen molar-refractivity contribution in [1.82, 2.24) is 4.90 Å². The first kappa shape index (κ1) is 10.2. The maximum atomic E-state index is 11.1. The van der Waals surface area contributed by atoms with Gasteiger partial charge < -0.3 is 9.79 Å². The van der Waals surface area contributed by atoms with Crippen molar-refractivity contribution in [1.29, 1.82) is 0 Å². The molecule has 0 radical (unpaired) electrons. The summed E-state index contributed by atoms with van der Waals surface area (Å²) in [7, 11) is -3.99. The Morgan fingerprint density at radius 3 is 2.00 bits per heavy atom. The summed E-state index contributed by atoms with van der Waals surface area (Å²) in [5.74, 6) is 0. The SMILES string of the molecule is CC(C)(N1CCCC1)P(=O)(O)O. The number of nitrogens with zero attached hydrogens (tertiary/aromatic N) is 1. The maximum absolute atomic E-state index is 11.1. The molecule has 0 spiro atoms. The van der Waals surface area contributed by atoms with Gasteiger partial charge in [-0.05, 0) is 39.8 Å². The fourth-order valence-electron chi connectivity index (χ4n) is 1.45. The van der Waals surface area contributed by atoms with Gasteiger partial charge in [0, 0.05) is 0 Å². The summed E-state index contributed by atoms with van der Waals surface area (Å²) in [5, 5.41) is -0.983. The molecule has 1 aliphatic heterocycles. The molecule has 0 unspecified atom stereocenters. The molecule has 2 N–H and O–H groups in total. The van der Waals surface area contributed by atoms with Gasteiger partial charge in [-0.3, -0.25) is 9.46 Å². The highest BCUT2D eigenvalue weighted by Gasteiger charge is 2.43. The highest BCUT2D eigenvalue weighted by molar-refractivity contribution is 7.53. The van der Waals surface area contributed by atoms with E-state index >= 15 is 0 Å². The van der Waals surface area contributed by atoms with Gasteiger partial charge in [-0.2, -0.15) is 0 Å². The largest absolute Gasteiger partial charge is 0.345 e. The van der Waals surface area contributed by atoms with Crippen molar-refractivity contribution in [3.63, 3.8) is 0 Å². The van der Waals surface area contributed by atoms with Gasteiger partial charge in [-0.25, -0.2) is 0 Å². The van der Waals surface area contributed by atoms with Crippen LogP contribution in [0, 0.1) is 0 Å². The summed E-state index contributed by atoms with van der Waals surface area (Å²) < 4.78 is 11.1. The lowest BCUT2D eigenvalue weighted by molar-refractivity contribution is 0.187. The van der Waals surface area contributed by atoms with Crippen molar-refractivity contribution in [2.45, 2.75) is 32.0 Å². The lowest BCUT2D eigenvalue weighted by Crippen LogP contribution is -2.41. The predicted octanol–water partition coefficient (Wildman–Crippen LogP) is 0.996. The summed E-state index contributed by atoms with van der Waals surface area (Å²) in [4.78, 5) is 20.0. The van der Waals surface area contributed by atoms with E-state index in [4.69, 9.17) is 9.79 Å². The van der Waals surface area contributed by atoms with E-state index in [-0.39, 0.29) is 0 Å². The molecule has 0 amide bonds. The van der Waals surface area contributed by atoms with Crippen LogP contribution in [0.3, 0.4) is 0 Å².